The highest BCUT2D eigenvalue weighted by Crippen LogP contribution is 2.22. The Bertz CT molecular complexity index is 817. The van der Waals surface area contributed by atoms with Crippen LogP contribution in [0.4, 0.5) is 0 Å². The second-order valence-electron chi connectivity index (χ2n) is 6.82. The molecule has 3 rings (SSSR count). The number of β-amino-alcohol motifs (C(OH)–C–C–N with tert-alkyl or cyclic N) is 1. The standard InChI is InChI=1S/C19H26N2O3S/c1-15-7-4-5-12-21(15)14-17(22)13-20-25(23,24)19-11-6-9-16-8-2-3-10-18(16)19/h2-3,6,8-11,15,17,20,22H,4-5,7,12-14H2,1H3. The van der Waals surface area contributed by atoms with Gasteiger partial charge < -0.3 is 5.11 Å². The fourth-order valence-corrected chi connectivity index (χ4v) is 4.78. The molecular formula is C19H26N2O3S. The number of likely N-dealkylation sites (tertiary alicyclic amines) is 1. The fraction of sp³-hybridized carbons (Fsp3) is 0.474. The second-order valence-corrected chi connectivity index (χ2v) is 8.56. The van der Waals surface area contributed by atoms with Crippen LogP contribution in [0.3, 0.4) is 0 Å². The van der Waals surface area contributed by atoms with Gasteiger partial charge in [0.2, 0.25) is 10.0 Å². The minimum Gasteiger partial charge on any atom is -0.390 e. The van der Waals surface area contributed by atoms with Crippen molar-refractivity contribution in [3.8, 4) is 0 Å². The van der Waals surface area contributed by atoms with Gasteiger partial charge in [0.15, 0.2) is 0 Å². The number of aliphatic hydroxyl groups is 1. The molecule has 0 spiro atoms. The first-order valence-electron chi connectivity index (χ1n) is 8.87. The molecule has 1 fully saturated rings. The van der Waals surface area contributed by atoms with E-state index < -0.39 is 16.1 Å². The molecule has 2 aromatic rings. The molecule has 2 N–H and O–H groups in total. The van der Waals surface area contributed by atoms with Gasteiger partial charge in [-0.3, -0.25) is 4.90 Å². The number of hydrogen-bond donors (Lipinski definition) is 2. The number of sulfonamides is 1. The lowest BCUT2D eigenvalue weighted by atomic mass is 10.0. The van der Waals surface area contributed by atoms with Gasteiger partial charge in [-0.1, -0.05) is 42.8 Å². The molecule has 6 heteroatoms. The number of hydrogen-bond acceptors (Lipinski definition) is 4. The molecule has 0 saturated carbocycles. The molecule has 1 aliphatic heterocycles. The molecule has 0 aromatic heterocycles. The molecular weight excluding hydrogens is 336 g/mol. The highest BCUT2D eigenvalue weighted by molar-refractivity contribution is 7.89. The minimum atomic E-state index is -3.66. The van der Waals surface area contributed by atoms with Crippen LogP contribution in [-0.4, -0.2) is 50.2 Å². The zero-order valence-corrected chi connectivity index (χ0v) is 15.4. The van der Waals surface area contributed by atoms with E-state index in [2.05, 4.69) is 16.5 Å². The lowest BCUT2D eigenvalue weighted by molar-refractivity contribution is 0.0760. The summed E-state index contributed by atoms with van der Waals surface area (Å²) in [5.74, 6) is 0. The molecule has 0 radical (unpaired) electrons. The van der Waals surface area contributed by atoms with Crippen molar-refractivity contribution >= 4 is 20.8 Å². The van der Waals surface area contributed by atoms with Crippen molar-refractivity contribution in [1.29, 1.82) is 0 Å². The third kappa shape index (κ3) is 4.39. The van der Waals surface area contributed by atoms with Crippen molar-refractivity contribution in [2.75, 3.05) is 19.6 Å². The summed E-state index contributed by atoms with van der Waals surface area (Å²) in [6.07, 6.45) is 2.78. The second kappa shape index (κ2) is 7.83. The lowest BCUT2D eigenvalue weighted by Crippen LogP contribution is -2.45. The van der Waals surface area contributed by atoms with E-state index in [1.807, 2.05) is 24.3 Å². The molecule has 1 heterocycles. The van der Waals surface area contributed by atoms with Crippen LogP contribution in [0.5, 0.6) is 0 Å². The Balaban J connectivity index is 1.67. The Morgan fingerprint density at radius 3 is 2.76 bits per heavy atom. The zero-order chi connectivity index (χ0) is 17.9. The number of fused-ring (bicyclic) bond motifs is 1. The third-order valence-corrected chi connectivity index (χ3v) is 6.42. The van der Waals surface area contributed by atoms with Gasteiger partial charge in [0.1, 0.15) is 0 Å². The van der Waals surface area contributed by atoms with Crippen LogP contribution in [0.2, 0.25) is 0 Å². The number of nitrogens with one attached hydrogen (secondary N) is 1. The highest BCUT2D eigenvalue weighted by atomic mass is 32.2. The Morgan fingerprint density at radius 2 is 1.96 bits per heavy atom. The number of piperidine rings is 1. The normalized spacial score (nSPS) is 20.6. The summed E-state index contributed by atoms with van der Waals surface area (Å²) in [6, 6.07) is 13.1. The van der Waals surface area contributed by atoms with Crippen molar-refractivity contribution in [3.63, 3.8) is 0 Å². The fourth-order valence-electron chi connectivity index (χ4n) is 3.48. The van der Waals surface area contributed by atoms with E-state index in [9.17, 15) is 13.5 Å². The molecule has 5 nitrogen and oxygen atoms in total. The van der Waals surface area contributed by atoms with E-state index in [4.69, 9.17) is 0 Å². The molecule has 0 amide bonds. The average Bonchev–Trinajstić information content (AvgIpc) is 2.61. The van der Waals surface area contributed by atoms with Gasteiger partial charge in [0.25, 0.3) is 0 Å². The Kier molecular flexibility index (Phi) is 5.74. The summed E-state index contributed by atoms with van der Waals surface area (Å²) in [6.45, 7) is 3.65. The van der Waals surface area contributed by atoms with E-state index in [-0.39, 0.29) is 11.4 Å². The van der Waals surface area contributed by atoms with Crippen LogP contribution in [-0.2, 0) is 10.0 Å². The average molecular weight is 362 g/mol. The molecule has 25 heavy (non-hydrogen) atoms. The predicted octanol–water partition coefficient (Wildman–Crippen LogP) is 2.35. The first kappa shape index (κ1) is 18.3. The molecule has 2 aromatic carbocycles. The molecule has 1 aliphatic rings. The minimum absolute atomic E-state index is 0.0226. The third-order valence-electron chi connectivity index (χ3n) is 4.93. The zero-order valence-electron chi connectivity index (χ0n) is 14.6. The van der Waals surface area contributed by atoms with Crippen LogP contribution >= 0.6 is 0 Å². The van der Waals surface area contributed by atoms with Gasteiger partial charge in [-0.2, -0.15) is 0 Å². The summed E-state index contributed by atoms with van der Waals surface area (Å²) in [7, 11) is -3.66. The molecule has 2 atom stereocenters. The van der Waals surface area contributed by atoms with Gasteiger partial charge in [-0.25, -0.2) is 13.1 Å². The highest BCUT2D eigenvalue weighted by Gasteiger charge is 2.23. The maximum absolute atomic E-state index is 12.7. The maximum atomic E-state index is 12.7. The van der Waals surface area contributed by atoms with E-state index in [0.717, 1.165) is 24.8 Å². The molecule has 0 aliphatic carbocycles. The van der Waals surface area contributed by atoms with Crippen LogP contribution in [0.1, 0.15) is 26.2 Å². The van der Waals surface area contributed by atoms with Crippen molar-refractivity contribution in [1.82, 2.24) is 9.62 Å². The Hall–Kier alpha value is -1.47. The maximum Gasteiger partial charge on any atom is 0.241 e. The monoisotopic (exact) mass is 362 g/mol. The van der Waals surface area contributed by atoms with Crippen LogP contribution in [0.25, 0.3) is 10.8 Å². The summed E-state index contributed by atoms with van der Waals surface area (Å²) in [5, 5.41) is 11.8. The molecule has 0 bridgehead atoms. The number of benzene rings is 2. The quantitative estimate of drug-likeness (QED) is 0.828. The smallest absolute Gasteiger partial charge is 0.241 e. The summed E-state index contributed by atoms with van der Waals surface area (Å²) >= 11 is 0. The molecule has 136 valence electrons. The first-order chi connectivity index (χ1) is 12.0. The van der Waals surface area contributed by atoms with Gasteiger partial charge >= 0.3 is 0 Å². The summed E-state index contributed by atoms with van der Waals surface area (Å²) in [5.41, 5.74) is 0. The van der Waals surface area contributed by atoms with Gasteiger partial charge in [0.05, 0.1) is 11.0 Å². The van der Waals surface area contributed by atoms with E-state index in [1.165, 1.54) is 6.42 Å². The van der Waals surface area contributed by atoms with Gasteiger partial charge in [-0.05, 0) is 37.8 Å². The number of aliphatic hydroxyl groups excluding tert-OH is 1. The number of nitrogens with zero attached hydrogens (tertiary/aromatic N) is 1. The summed E-state index contributed by atoms with van der Waals surface area (Å²) < 4.78 is 27.9. The lowest BCUT2D eigenvalue weighted by Gasteiger charge is -2.34. The Morgan fingerprint density at radius 1 is 1.20 bits per heavy atom. The Labute approximate surface area is 149 Å². The first-order valence-corrected chi connectivity index (χ1v) is 10.4. The SMILES string of the molecule is CC1CCCCN1CC(O)CNS(=O)(=O)c1cccc2ccccc12. The van der Waals surface area contributed by atoms with E-state index in [1.54, 1.807) is 18.2 Å². The van der Waals surface area contributed by atoms with Crippen molar-refractivity contribution < 1.29 is 13.5 Å². The molecule has 2 unspecified atom stereocenters. The largest absolute Gasteiger partial charge is 0.390 e. The van der Waals surface area contributed by atoms with Crippen LogP contribution < -0.4 is 4.72 Å². The van der Waals surface area contributed by atoms with Gasteiger partial charge in [-0.15, -0.1) is 0 Å². The van der Waals surface area contributed by atoms with Crippen LogP contribution in [0, 0.1) is 0 Å². The topological polar surface area (TPSA) is 69.6 Å². The van der Waals surface area contributed by atoms with Crippen LogP contribution in [0.15, 0.2) is 47.4 Å². The van der Waals surface area contributed by atoms with Crippen molar-refractivity contribution in [2.45, 2.75) is 43.2 Å². The van der Waals surface area contributed by atoms with Crippen molar-refractivity contribution in [3.05, 3.63) is 42.5 Å². The predicted molar refractivity (Wildman–Crippen MR) is 100 cm³/mol. The van der Waals surface area contributed by atoms with Gasteiger partial charge in [0, 0.05) is 24.5 Å². The van der Waals surface area contributed by atoms with Crippen molar-refractivity contribution in [2.24, 2.45) is 0 Å². The number of rotatable bonds is 6. The van der Waals surface area contributed by atoms with E-state index >= 15 is 0 Å². The molecule has 1 saturated heterocycles. The summed E-state index contributed by atoms with van der Waals surface area (Å²) in [4.78, 5) is 2.49. The van der Waals surface area contributed by atoms with E-state index in [0.29, 0.717) is 18.0 Å².